The summed E-state index contributed by atoms with van der Waals surface area (Å²) in [5, 5.41) is 6.59. The summed E-state index contributed by atoms with van der Waals surface area (Å²) >= 11 is 1.65. The first kappa shape index (κ1) is 15.9. The van der Waals surface area contributed by atoms with E-state index in [-0.39, 0.29) is 0 Å². The molecule has 0 fully saturated rings. The van der Waals surface area contributed by atoms with Crippen molar-refractivity contribution in [1.29, 1.82) is 0 Å². The molecule has 0 amide bonds. The third-order valence-electron chi connectivity index (χ3n) is 3.86. The molecule has 2 aromatic heterocycles. The van der Waals surface area contributed by atoms with E-state index in [1.54, 1.807) is 24.8 Å². The Morgan fingerprint density at radius 1 is 1.17 bits per heavy atom. The van der Waals surface area contributed by atoms with Gasteiger partial charge in [0.1, 0.15) is 17.0 Å². The van der Waals surface area contributed by atoms with Gasteiger partial charge in [-0.05, 0) is 17.0 Å². The van der Waals surface area contributed by atoms with Crippen LogP contribution in [0.3, 0.4) is 0 Å². The lowest BCUT2D eigenvalue weighted by Gasteiger charge is -2.09. The summed E-state index contributed by atoms with van der Waals surface area (Å²) in [5.74, 6) is 1.41. The van der Waals surface area contributed by atoms with Gasteiger partial charge in [-0.25, -0.2) is 9.97 Å². The van der Waals surface area contributed by atoms with Crippen molar-refractivity contribution in [3.63, 3.8) is 0 Å². The number of anilines is 1. The van der Waals surface area contributed by atoms with Gasteiger partial charge in [-0.2, -0.15) is 0 Å². The number of methoxy groups -OCH3 is 1. The standard InChI is InChI=1S/C18H21N3OS/c1-12(2)13-4-6-14(7-5-13)15-10-23-18-16(15)17(20-11-21-18)19-8-9-22-3/h4-7,10-12H,8-9H2,1-3H3,(H,19,20,21). The Morgan fingerprint density at radius 2 is 1.96 bits per heavy atom. The number of hydrogen-bond donors (Lipinski definition) is 1. The fourth-order valence-electron chi connectivity index (χ4n) is 2.54. The molecule has 0 saturated carbocycles. The summed E-state index contributed by atoms with van der Waals surface area (Å²) in [5.41, 5.74) is 3.73. The van der Waals surface area contributed by atoms with Crippen LogP contribution in [0.2, 0.25) is 0 Å². The van der Waals surface area contributed by atoms with E-state index < -0.39 is 0 Å². The Bertz CT molecular complexity index is 781. The second-order valence-corrected chi connectivity index (χ2v) is 6.61. The Balaban J connectivity index is 2.00. The minimum Gasteiger partial charge on any atom is -0.383 e. The van der Waals surface area contributed by atoms with Gasteiger partial charge in [0, 0.05) is 24.6 Å². The van der Waals surface area contributed by atoms with Gasteiger partial charge in [0.05, 0.1) is 12.0 Å². The van der Waals surface area contributed by atoms with Crippen LogP contribution in [0.15, 0.2) is 36.0 Å². The van der Waals surface area contributed by atoms with Crippen LogP contribution in [-0.4, -0.2) is 30.2 Å². The molecule has 0 atom stereocenters. The number of nitrogens with zero attached hydrogens (tertiary/aromatic N) is 2. The number of aromatic nitrogens is 2. The molecule has 1 aromatic carbocycles. The fourth-order valence-corrected chi connectivity index (χ4v) is 3.46. The first-order valence-corrected chi connectivity index (χ1v) is 8.64. The molecule has 0 saturated heterocycles. The highest BCUT2D eigenvalue weighted by molar-refractivity contribution is 7.17. The SMILES string of the molecule is COCCNc1ncnc2scc(-c3ccc(C(C)C)cc3)c12. The molecular formula is C18H21N3OS. The second-order valence-electron chi connectivity index (χ2n) is 5.75. The van der Waals surface area contributed by atoms with Gasteiger partial charge in [0.25, 0.3) is 0 Å². The molecule has 120 valence electrons. The second kappa shape index (κ2) is 7.06. The maximum Gasteiger partial charge on any atom is 0.138 e. The number of ether oxygens (including phenoxy) is 1. The van der Waals surface area contributed by atoms with Crippen molar-refractivity contribution in [3.8, 4) is 11.1 Å². The van der Waals surface area contributed by atoms with E-state index in [1.807, 2.05) is 0 Å². The third-order valence-corrected chi connectivity index (χ3v) is 4.74. The number of rotatable bonds is 6. The van der Waals surface area contributed by atoms with Crippen molar-refractivity contribution in [1.82, 2.24) is 9.97 Å². The van der Waals surface area contributed by atoms with Gasteiger partial charge in [-0.1, -0.05) is 38.1 Å². The van der Waals surface area contributed by atoms with Gasteiger partial charge in [0.2, 0.25) is 0 Å². The minimum absolute atomic E-state index is 0.540. The number of thiophene rings is 1. The highest BCUT2D eigenvalue weighted by Gasteiger charge is 2.13. The highest BCUT2D eigenvalue weighted by atomic mass is 32.1. The van der Waals surface area contributed by atoms with E-state index in [0.717, 1.165) is 22.6 Å². The van der Waals surface area contributed by atoms with Gasteiger partial charge >= 0.3 is 0 Å². The third kappa shape index (κ3) is 3.35. The lowest BCUT2D eigenvalue weighted by Crippen LogP contribution is -2.09. The van der Waals surface area contributed by atoms with E-state index in [9.17, 15) is 0 Å². The van der Waals surface area contributed by atoms with Crippen molar-refractivity contribution < 1.29 is 4.74 Å². The molecule has 23 heavy (non-hydrogen) atoms. The summed E-state index contributed by atoms with van der Waals surface area (Å²) in [6.45, 7) is 5.79. The van der Waals surface area contributed by atoms with Crippen LogP contribution >= 0.6 is 11.3 Å². The summed E-state index contributed by atoms with van der Waals surface area (Å²) in [7, 11) is 1.70. The van der Waals surface area contributed by atoms with Crippen LogP contribution in [0.4, 0.5) is 5.82 Å². The van der Waals surface area contributed by atoms with Crippen molar-refractivity contribution >= 4 is 27.4 Å². The van der Waals surface area contributed by atoms with E-state index >= 15 is 0 Å². The predicted molar refractivity (Wildman–Crippen MR) is 97.3 cm³/mol. The highest BCUT2D eigenvalue weighted by Crippen LogP contribution is 2.36. The summed E-state index contributed by atoms with van der Waals surface area (Å²) in [6, 6.07) is 8.77. The quantitative estimate of drug-likeness (QED) is 0.675. The van der Waals surface area contributed by atoms with Crippen LogP contribution in [0.1, 0.15) is 25.3 Å². The van der Waals surface area contributed by atoms with Crippen LogP contribution in [-0.2, 0) is 4.74 Å². The molecule has 3 rings (SSSR count). The lowest BCUT2D eigenvalue weighted by molar-refractivity contribution is 0.210. The van der Waals surface area contributed by atoms with Crippen molar-refractivity contribution in [2.24, 2.45) is 0 Å². The Morgan fingerprint density at radius 3 is 2.65 bits per heavy atom. The maximum atomic E-state index is 5.10. The van der Waals surface area contributed by atoms with E-state index in [0.29, 0.717) is 12.5 Å². The van der Waals surface area contributed by atoms with E-state index in [4.69, 9.17) is 4.74 Å². The normalized spacial score (nSPS) is 11.3. The van der Waals surface area contributed by atoms with Gasteiger partial charge in [0.15, 0.2) is 0 Å². The first-order chi connectivity index (χ1) is 11.2. The molecule has 5 heteroatoms. The lowest BCUT2D eigenvalue weighted by atomic mass is 9.99. The van der Waals surface area contributed by atoms with Crippen LogP contribution in [0, 0.1) is 0 Å². The zero-order valence-electron chi connectivity index (χ0n) is 13.7. The average molecular weight is 327 g/mol. The zero-order chi connectivity index (χ0) is 16.2. The molecule has 0 aliphatic carbocycles. The largest absolute Gasteiger partial charge is 0.383 e. The topological polar surface area (TPSA) is 47.0 Å². The van der Waals surface area contributed by atoms with E-state index in [1.165, 1.54) is 16.7 Å². The monoisotopic (exact) mass is 327 g/mol. The summed E-state index contributed by atoms with van der Waals surface area (Å²) in [4.78, 5) is 9.81. The zero-order valence-corrected chi connectivity index (χ0v) is 14.5. The molecule has 2 heterocycles. The van der Waals surface area contributed by atoms with Crippen LogP contribution < -0.4 is 5.32 Å². The predicted octanol–water partition coefficient (Wildman–Crippen LogP) is 4.54. The van der Waals surface area contributed by atoms with Crippen LogP contribution in [0.5, 0.6) is 0 Å². The molecule has 0 bridgehead atoms. The van der Waals surface area contributed by atoms with Crippen molar-refractivity contribution in [2.45, 2.75) is 19.8 Å². The van der Waals surface area contributed by atoms with Gasteiger partial charge < -0.3 is 10.1 Å². The summed E-state index contributed by atoms with van der Waals surface area (Å²) in [6.07, 6.45) is 1.61. The van der Waals surface area contributed by atoms with Crippen molar-refractivity contribution in [3.05, 3.63) is 41.5 Å². The Hall–Kier alpha value is -1.98. The molecule has 0 unspecified atom stereocenters. The van der Waals surface area contributed by atoms with E-state index in [2.05, 4.69) is 58.8 Å². The smallest absolute Gasteiger partial charge is 0.138 e. The fraction of sp³-hybridized carbons (Fsp3) is 0.333. The number of nitrogens with one attached hydrogen (secondary N) is 1. The molecule has 0 radical (unpaired) electrons. The maximum absolute atomic E-state index is 5.10. The minimum atomic E-state index is 0.540. The molecule has 1 N–H and O–H groups in total. The molecule has 0 spiro atoms. The number of fused-ring (bicyclic) bond motifs is 1. The molecule has 0 aliphatic rings. The Labute approximate surface area is 140 Å². The molecule has 0 aliphatic heterocycles. The van der Waals surface area contributed by atoms with Gasteiger partial charge in [-0.15, -0.1) is 11.3 Å². The first-order valence-electron chi connectivity index (χ1n) is 7.76. The molecule has 3 aromatic rings. The number of benzene rings is 1. The number of hydrogen-bond acceptors (Lipinski definition) is 5. The van der Waals surface area contributed by atoms with Crippen molar-refractivity contribution in [2.75, 3.05) is 25.6 Å². The molecular weight excluding hydrogens is 306 g/mol. The summed E-state index contributed by atoms with van der Waals surface area (Å²) < 4.78 is 5.10. The van der Waals surface area contributed by atoms with Gasteiger partial charge in [-0.3, -0.25) is 0 Å². The average Bonchev–Trinajstić information content (AvgIpc) is 3.00. The van der Waals surface area contributed by atoms with Crippen LogP contribution in [0.25, 0.3) is 21.3 Å². The molecule has 4 nitrogen and oxygen atoms in total. The Kier molecular flexibility index (Phi) is 4.88.